The molecule has 0 amide bonds. The number of nitrogens with zero attached hydrogens (tertiary/aromatic N) is 1. The molecule has 4 nitrogen and oxygen atoms in total. The standard InChI is InChI=1S/C20H25NO3/c1-21(2)14-17(22)15-24-20-11-7-6-10-18(20)19(23)13-12-16-8-4-3-5-9-16/h3-11,17,22H,12-15H2,1-2H3/t17-/m0/s1. The van der Waals surface area contributed by atoms with E-state index in [4.69, 9.17) is 4.74 Å². The number of Topliss-reactive ketones (excluding diaryl/α,β-unsaturated/α-hetero) is 1. The summed E-state index contributed by atoms with van der Waals surface area (Å²) in [6.45, 7) is 0.686. The van der Waals surface area contributed by atoms with Crippen LogP contribution in [0.15, 0.2) is 54.6 Å². The van der Waals surface area contributed by atoms with Crippen molar-refractivity contribution >= 4 is 5.78 Å². The van der Waals surface area contributed by atoms with Gasteiger partial charge in [-0.2, -0.15) is 0 Å². The second-order valence-electron chi connectivity index (χ2n) is 6.13. The molecule has 0 aliphatic rings. The molecule has 0 aliphatic carbocycles. The molecule has 24 heavy (non-hydrogen) atoms. The number of rotatable bonds is 9. The number of benzene rings is 2. The van der Waals surface area contributed by atoms with E-state index in [1.807, 2.05) is 61.5 Å². The van der Waals surface area contributed by atoms with E-state index in [1.54, 1.807) is 12.1 Å². The molecule has 0 spiro atoms. The summed E-state index contributed by atoms with van der Waals surface area (Å²) in [5.41, 5.74) is 1.72. The number of carbonyl (C=O) groups excluding carboxylic acids is 1. The maximum atomic E-state index is 12.5. The van der Waals surface area contributed by atoms with Gasteiger partial charge in [0.05, 0.1) is 5.56 Å². The maximum absolute atomic E-state index is 12.5. The summed E-state index contributed by atoms with van der Waals surface area (Å²) < 4.78 is 5.68. The Balaban J connectivity index is 1.95. The van der Waals surface area contributed by atoms with Crippen LogP contribution in [0, 0.1) is 0 Å². The van der Waals surface area contributed by atoms with E-state index in [9.17, 15) is 9.90 Å². The number of ether oxygens (including phenoxy) is 1. The van der Waals surface area contributed by atoms with Gasteiger partial charge in [0.15, 0.2) is 5.78 Å². The van der Waals surface area contributed by atoms with E-state index in [0.29, 0.717) is 30.7 Å². The van der Waals surface area contributed by atoms with Crippen LogP contribution < -0.4 is 4.74 Å². The molecule has 128 valence electrons. The average molecular weight is 327 g/mol. The minimum absolute atomic E-state index is 0.0524. The molecule has 2 aromatic rings. The summed E-state index contributed by atoms with van der Waals surface area (Å²) in [6, 6.07) is 17.2. The molecule has 0 heterocycles. The zero-order chi connectivity index (χ0) is 17.4. The number of carbonyl (C=O) groups is 1. The van der Waals surface area contributed by atoms with E-state index >= 15 is 0 Å². The molecule has 0 saturated heterocycles. The van der Waals surface area contributed by atoms with Crippen LogP contribution in [0.4, 0.5) is 0 Å². The highest BCUT2D eigenvalue weighted by Gasteiger charge is 2.14. The van der Waals surface area contributed by atoms with E-state index < -0.39 is 6.10 Å². The van der Waals surface area contributed by atoms with Crippen LogP contribution in [0.5, 0.6) is 5.75 Å². The highest BCUT2D eigenvalue weighted by Crippen LogP contribution is 2.21. The van der Waals surface area contributed by atoms with Gasteiger partial charge in [0.25, 0.3) is 0 Å². The van der Waals surface area contributed by atoms with Crippen LogP contribution in [-0.2, 0) is 6.42 Å². The molecule has 4 heteroatoms. The van der Waals surface area contributed by atoms with Crippen LogP contribution in [0.2, 0.25) is 0 Å². The lowest BCUT2D eigenvalue weighted by Gasteiger charge is -2.17. The van der Waals surface area contributed by atoms with Gasteiger partial charge >= 0.3 is 0 Å². The minimum Gasteiger partial charge on any atom is -0.490 e. The van der Waals surface area contributed by atoms with Crippen molar-refractivity contribution in [3.8, 4) is 5.75 Å². The molecular formula is C20H25NO3. The molecule has 1 atom stereocenters. The summed E-state index contributed by atoms with van der Waals surface area (Å²) in [4.78, 5) is 14.4. The normalized spacial score (nSPS) is 12.2. The van der Waals surface area contributed by atoms with Crippen molar-refractivity contribution < 1.29 is 14.6 Å². The largest absolute Gasteiger partial charge is 0.490 e. The first-order valence-electron chi connectivity index (χ1n) is 8.18. The maximum Gasteiger partial charge on any atom is 0.166 e. The number of ketones is 1. The number of hydrogen-bond donors (Lipinski definition) is 1. The third-order valence-electron chi connectivity index (χ3n) is 3.68. The molecule has 0 aliphatic heterocycles. The lowest BCUT2D eigenvalue weighted by Crippen LogP contribution is -2.30. The van der Waals surface area contributed by atoms with Gasteiger partial charge in [0.2, 0.25) is 0 Å². The van der Waals surface area contributed by atoms with Crippen LogP contribution in [-0.4, -0.2) is 49.1 Å². The fourth-order valence-corrected chi connectivity index (χ4v) is 2.52. The topological polar surface area (TPSA) is 49.8 Å². The van der Waals surface area contributed by atoms with E-state index in [0.717, 1.165) is 5.56 Å². The molecule has 2 aromatic carbocycles. The highest BCUT2D eigenvalue weighted by atomic mass is 16.5. The average Bonchev–Trinajstić information content (AvgIpc) is 2.58. The fourth-order valence-electron chi connectivity index (χ4n) is 2.52. The monoisotopic (exact) mass is 327 g/mol. The SMILES string of the molecule is CN(C)C[C@H](O)COc1ccccc1C(=O)CCc1ccccc1. The molecule has 0 aromatic heterocycles. The second kappa shape index (κ2) is 9.21. The number of aliphatic hydroxyl groups is 1. The number of para-hydroxylation sites is 1. The van der Waals surface area contributed by atoms with Crippen LogP contribution >= 0.6 is 0 Å². The van der Waals surface area contributed by atoms with Gasteiger partial charge < -0.3 is 14.7 Å². The van der Waals surface area contributed by atoms with Gasteiger partial charge in [-0.1, -0.05) is 42.5 Å². The third-order valence-corrected chi connectivity index (χ3v) is 3.68. The smallest absolute Gasteiger partial charge is 0.166 e. The molecule has 0 unspecified atom stereocenters. The van der Waals surface area contributed by atoms with Gasteiger partial charge in [0.1, 0.15) is 18.5 Å². The zero-order valence-electron chi connectivity index (χ0n) is 14.3. The molecule has 0 bridgehead atoms. The van der Waals surface area contributed by atoms with Gasteiger partial charge in [-0.15, -0.1) is 0 Å². The Morgan fingerprint density at radius 1 is 1.08 bits per heavy atom. The van der Waals surface area contributed by atoms with Crippen molar-refractivity contribution in [3.63, 3.8) is 0 Å². The van der Waals surface area contributed by atoms with Crippen molar-refractivity contribution in [2.75, 3.05) is 27.2 Å². The van der Waals surface area contributed by atoms with Crippen LogP contribution in [0.3, 0.4) is 0 Å². The van der Waals surface area contributed by atoms with Crippen molar-refractivity contribution in [2.24, 2.45) is 0 Å². The quantitative estimate of drug-likeness (QED) is 0.720. The van der Waals surface area contributed by atoms with Gasteiger partial charge in [-0.25, -0.2) is 0 Å². The first-order chi connectivity index (χ1) is 11.6. The number of aliphatic hydroxyl groups excluding tert-OH is 1. The Hall–Kier alpha value is -2.17. The first kappa shape index (κ1) is 18.2. The zero-order valence-corrected chi connectivity index (χ0v) is 14.3. The molecule has 0 saturated carbocycles. The number of likely N-dealkylation sites (N-methyl/N-ethyl adjacent to an activating group) is 1. The Labute approximate surface area is 143 Å². The van der Waals surface area contributed by atoms with E-state index in [2.05, 4.69) is 0 Å². The van der Waals surface area contributed by atoms with Gasteiger partial charge in [-0.05, 0) is 38.2 Å². The Morgan fingerprint density at radius 2 is 1.75 bits per heavy atom. The van der Waals surface area contributed by atoms with Crippen molar-refractivity contribution in [3.05, 3.63) is 65.7 Å². The first-order valence-corrected chi connectivity index (χ1v) is 8.18. The highest BCUT2D eigenvalue weighted by molar-refractivity contribution is 5.98. The molecule has 0 fully saturated rings. The Morgan fingerprint density at radius 3 is 2.46 bits per heavy atom. The van der Waals surface area contributed by atoms with Crippen molar-refractivity contribution in [2.45, 2.75) is 18.9 Å². The predicted molar refractivity (Wildman–Crippen MR) is 95.6 cm³/mol. The van der Waals surface area contributed by atoms with Crippen LogP contribution in [0.25, 0.3) is 0 Å². The summed E-state index contributed by atoms with van der Waals surface area (Å²) in [6.07, 6.45) is 0.550. The Bertz CT molecular complexity index is 640. The summed E-state index contributed by atoms with van der Waals surface area (Å²) in [7, 11) is 3.79. The minimum atomic E-state index is -0.590. The van der Waals surface area contributed by atoms with Crippen LogP contribution in [0.1, 0.15) is 22.3 Å². The van der Waals surface area contributed by atoms with E-state index in [-0.39, 0.29) is 12.4 Å². The van der Waals surface area contributed by atoms with Gasteiger partial charge in [0, 0.05) is 13.0 Å². The Kier molecular flexibility index (Phi) is 6.97. The molecule has 2 rings (SSSR count). The predicted octanol–water partition coefficient (Wildman–Crippen LogP) is 2.80. The van der Waals surface area contributed by atoms with Crippen molar-refractivity contribution in [1.82, 2.24) is 4.90 Å². The molecule has 0 radical (unpaired) electrons. The van der Waals surface area contributed by atoms with E-state index in [1.165, 1.54) is 0 Å². The lowest BCUT2D eigenvalue weighted by atomic mass is 10.0. The number of aryl methyl sites for hydroxylation is 1. The number of hydrogen-bond acceptors (Lipinski definition) is 4. The summed E-state index contributed by atoms with van der Waals surface area (Å²) in [5, 5.41) is 9.91. The lowest BCUT2D eigenvalue weighted by molar-refractivity contribution is 0.0813. The third kappa shape index (κ3) is 5.80. The second-order valence-corrected chi connectivity index (χ2v) is 6.13. The van der Waals surface area contributed by atoms with Crippen molar-refractivity contribution in [1.29, 1.82) is 0 Å². The summed E-state index contributed by atoms with van der Waals surface area (Å²) in [5.74, 6) is 0.588. The summed E-state index contributed by atoms with van der Waals surface area (Å²) >= 11 is 0. The van der Waals surface area contributed by atoms with Gasteiger partial charge in [-0.3, -0.25) is 4.79 Å². The fraction of sp³-hybridized carbons (Fsp3) is 0.350. The molecular weight excluding hydrogens is 302 g/mol. The molecule has 1 N–H and O–H groups in total.